The lowest BCUT2D eigenvalue weighted by Crippen LogP contribution is -1.89. The number of hydrogen-bond donors (Lipinski definition) is 0. The van der Waals surface area contributed by atoms with E-state index in [1.807, 2.05) is 18.2 Å². The summed E-state index contributed by atoms with van der Waals surface area (Å²) in [5, 5.41) is 15.6. The Hall–Kier alpha value is -2.95. The minimum absolute atomic E-state index is 0.102. The van der Waals surface area contributed by atoms with E-state index in [2.05, 4.69) is 20.6 Å². The Morgan fingerprint density at radius 1 is 0.700 bits per heavy atom. The van der Waals surface area contributed by atoms with Gasteiger partial charge in [0.2, 0.25) is 0 Å². The summed E-state index contributed by atoms with van der Waals surface area (Å²) in [4.78, 5) is 11.6. The van der Waals surface area contributed by atoms with Crippen molar-refractivity contribution >= 4 is 10.9 Å². The van der Waals surface area contributed by atoms with Gasteiger partial charge in [-0.25, -0.2) is 0 Å². The zero-order valence-electron chi connectivity index (χ0n) is 10.6. The maximum atomic E-state index is 11.6. The molecule has 0 saturated heterocycles. The SMILES string of the molecule is O=c1ccccccnnnnc2ccccc2cc1. The van der Waals surface area contributed by atoms with Crippen molar-refractivity contribution in [3.63, 3.8) is 0 Å². The molecule has 0 aliphatic heterocycles. The van der Waals surface area contributed by atoms with Crippen molar-refractivity contribution in [1.29, 1.82) is 0 Å². The van der Waals surface area contributed by atoms with Crippen LogP contribution in [0, 0.1) is 0 Å². The van der Waals surface area contributed by atoms with E-state index < -0.39 is 0 Å². The molecule has 5 heteroatoms. The summed E-state index contributed by atoms with van der Waals surface area (Å²) >= 11 is 0. The first-order chi connectivity index (χ1) is 9.86. The molecule has 2 rings (SSSR count). The molecular weight excluding hydrogens is 252 g/mol. The van der Waals surface area contributed by atoms with Gasteiger partial charge in [0, 0.05) is 5.39 Å². The highest BCUT2D eigenvalue weighted by molar-refractivity contribution is 5.76. The van der Waals surface area contributed by atoms with Crippen molar-refractivity contribution in [3.05, 3.63) is 83.2 Å². The average Bonchev–Trinajstić information content (AvgIpc) is 2.48. The van der Waals surface area contributed by atoms with E-state index in [9.17, 15) is 4.79 Å². The van der Waals surface area contributed by atoms with E-state index in [4.69, 9.17) is 0 Å². The molecule has 0 amide bonds. The molecule has 0 N–H and O–H groups in total. The first-order valence-corrected chi connectivity index (χ1v) is 5.98. The summed E-state index contributed by atoms with van der Waals surface area (Å²) in [6.07, 6.45) is 1.48. The van der Waals surface area contributed by atoms with Gasteiger partial charge >= 0.3 is 0 Å². The van der Waals surface area contributed by atoms with Gasteiger partial charge in [-0.1, -0.05) is 36.4 Å². The number of hydrogen-bond acceptors (Lipinski definition) is 5. The highest BCUT2D eigenvalue weighted by Gasteiger charge is 1.86. The van der Waals surface area contributed by atoms with E-state index in [0.717, 1.165) is 5.39 Å². The molecule has 0 aliphatic rings. The number of rotatable bonds is 0. The van der Waals surface area contributed by atoms with Gasteiger partial charge < -0.3 is 0 Å². The van der Waals surface area contributed by atoms with Crippen molar-refractivity contribution in [2.75, 3.05) is 0 Å². The molecular formula is C15H12N4O. The third-order valence-electron chi connectivity index (χ3n) is 2.35. The number of aromatic nitrogens is 4. The molecule has 20 heavy (non-hydrogen) atoms. The second-order valence-corrected chi connectivity index (χ2v) is 3.77. The lowest BCUT2D eigenvalue weighted by atomic mass is 10.2. The Bertz CT molecular complexity index is 762. The molecule has 2 aromatic rings. The molecule has 0 fully saturated rings. The van der Waals surface area contributed by atoms with Gasteiger partial charge in [0.25, 0.3) is 0 Å². The Labute approximate surface area is 115 Å². The van der Waals surface area contributed by atoms with E-state index in [-0.39, 0.29) is 5.43 Å². The van der Waals surface area contributed by atoms with Crippen molar-refractivity contribution in [2.45, 2.75) is 0 Å². The van der Waals surface area contributed by atoms with Crippen LogP contribution in [0.5, 0.6) is 0 Å². The Kier molecular flexibility index (Phi) is 5.04. The van der Waals surface area contributed by atoms with Gasteiger partial charge in [0.15, 0.2) is 5.43 Å². The molecule has 98 valence electrons. The van der Waals surface area contributed by atoms with E-state index in [0.29, 0.717) is 5.52 Å². The summed E-state index contributed by atoms with van der Waals surface area (Å²) in [6.45, 7) is 0. The van der Waals surface area contributed by atoms with Crippen LogP contribution < -0.4 is 5.43 Å². The predicted molar refractivity (Wildman–Crippen MR) is 76.7 cm³/mol. The fraction of sp³-hybridized carbons (Fsp3) is 0. The minimum atomic E-state index is -0.102. The predicted octanol–water partition coefficient (Wildman–Crippen LogP) is 2.03. The zero-order valence-corrected chi connectivity index (χ0v) is 10.6. The van der Waals surface area contributed by atoms with Crippen LogP contribution in [0.2, 0.25) is 0 Å². The third-order valence-corrected chi connectivity index (χ3v) is 2.35. The number of benzene rings is 1. The maximum Gasteiger partial charge on any atom is 0.178 e. The van der Waals surface area contributed by atoms with Gasteiger partial charge in [-0.2, -0.15) is 0 Å². The molecule has 0 atom stereocenters. The lowest BCUT2D eigenvalue weighted by molar-refractivity contribution is 0.802. The van der Waals surface area contributed by atoms with Crippen LogP contribution >= 0.6 is 0 Å². The van der Waals surface area contributed by atoms with Crippen LogP contribution in [0.15, 0.2) is 77.7 Å². The van der Waals surface area contributed by atoms with E-state index in [1.54, 1.807) is 36.4 Å². The molecule has 5 nitrogen and oxygen atoms in total. The Morgan fingerprint density at radius 2 is 1.50 bits per heavy atom. The first kappa shape index (κ1) is 13.5. The second kappa shape index (κ2) is 7.48. The fourth-order valence-electron chi connectivity index (χ4n) is 1.43. The maximum absolute atomic E-state index is 11.6. The van der Waals surface area contributed by atoms with Crippen molar-refractivity contribution < 1.29 is 0 Å². The fourth-order valence-corrected chi connectivity index (χ4v) is 1.43. The molecule has 0 aliphatic carbocycles. The van der Waals surface area contributed by atoms with Crippen LogP contribution in [0.3, 0.4) is 0 Å². The largest absolute Gasteiger partial charge is 0.290 e. The minimum Gasteiger partial charge on any atom is -0.290 e. The molecule has 0 bridgehead atoms. The summed E-state index contributed by atoms with van der Waals surface area (Å²) < 4.78 is 0. The van der Waals surface area contributed by atoms with Gasteiger partial charge in [-0.05, 0) is 40.8 Å². The zero-order chi connectivity index (χ0) is 14.0. The van der Waals surface area contributed by atoms with Crippen LogP contribution in [-0.4, -0.2) is 20.6 Å². The summed E-state index contributed by atoms with van der Waals surface area (Å²) in [7, 11) is 0. The van der Waals surface area contributed by atoms with E-state index in [1.165, 1.54) is 18.3 Å². The monoisotopic (exact) mass is 264 g/mol. The van der Waals surface area contributed by atoms with Gasteiger partial charge in [-0.3, -0.25) is 4.79 Å². The molecule has 0 radical (unpaired) electrons. The van der Waals surface area contributed by atoms with E-state index >= 15 is 0 Å². The third kappa shape index (κ3) is 4.38. The molecule has 0 unspecified atom stereocenters. The number of nitrogens with zero attached hydrogens (tertiary/aromatic N) is 4. The topological polar surface area (TPSA) is 68.6 Å². The quantitative estimate of drug-likeness (QED) is 0.728. The van der Waals surface area contributed by atoms with Crippen LogP contribution in [0.25, 0.3) is 10.9 Å². The number of fused-ring (bicyclic) bond motifs is 1. The summed E-state index contributed by atoms with van der Waals surface area (Å²) in [5.41, 5.74) is 0.520. The second-order valence-electron chi connectivity index (χ2n) is 3.77. The standard InChI is InChI=1S/C15H12N4O/c20-14-8-3-1-2-6-12-16-18-19-17-15-9-5-4-7-13(15)10-11-14/h1-12H. The molecule has 0 saturated carbocycles. The van der Waals surface area contributed by atoms with Crippen LogP contribution in [0.4, 0.5) is 0 Å². The molecule has 0 spiro atoms. The lowest BCUT2D eigenvalue weighted by Gasteiger charge is -1.87. The first-order valence-electron chi connectivity index (χ1n) is 5.98. The highest BCUT2D eigenvalue weighted by atomic mass is 16.1. The summed E-state index contributed by atoms with van der Waals surface area (Å²) in [5.74, 6) is 0. The smallest absolute Gasteiger partial charge is 0.178 e. The molecule has 1 aromatic heterocycles. The highest BCUT2D eigenvalue weighted by Crippen LogP contribution is 2.05. The van der Waals surface area contributed by atoms with Crippen LogP contribution in [0.1, 0.15) is 0 Å². The van der Waals surface area contributed by atoms with Crippen LogP contribution in [-0.2, 0) is 0 Å². The normalized spacial score (nSPS) is 9.20. The molecule has 1 aromatic carbocycles. The van der Waals surface area contributed by atoms with Gasteiger partial charge in [0.05, 0.1) is 11.7 Å². The van der Waals surface area contributed by atoms with Crippen molar-refractivity contribution in [3.8, 4) is 0 Å². The Morgan fingerprint density at radius 3 is 2.45 bits per heavy atom. The van der Waals surface area contributed by atoms with Gasteiger partial charge in [-0.15, -0.1) is 10.2 Å². The van der Waals surface area contributed by atoms with Gasteiger partial charge in [0.1, 0.15) is 0 Å². The molecule has 1 heterocycles. The van der Waals surface area contributed by atoms with Crippen molar-refractivity contribution in [2.24, 2.45) is 0 Å². The summed E-state index contributed by atoms with van der Waals surface area (Å²) in [6, 6.07) is 18.8. The Balaban J connectivity index is 2.71. The average molecular weight is 264 g/mol. The van der Waals surface area contributed by atoms with Crippen molar-refractivity contribution in [1.82, 2.24) is 20.6 Å².